The van der Waals surface area contributed by atoms with Gasteiger partial charge in [-0.25, -0.2) is 9.18 Å². The Morgan fingerprint density at radius 3 is 2.14 bits per heavy atom. The van der Waals surface area contributed by atoms with Crippen molar-refractivity contribution in [3.8, 4) is 0 Å². The van der Waals surface area contributed by atoms with E-state index in [4.69, 9.17) is 0 Å². The van der Waals surface area contributed by atoms with Gasteiger partial charge in [0.05, 0.1) is 0 Å². The number of carbonyl (C=O) groups is 3. The molecule has 2 aromatic rings. The third-order valence-electron chi connectivity index (χ3n) is 5.07. The summed E-state index contributed by atoms with van der Waals surface area (Å²) in [7, 11) is 0. The van der Waals surface area contributed by atoms with E-state index in [1.807, 2.05) is 6.92 Å². The van der Waals surface area contributed by atoms with Gasteiger partial charge in [0.2, 0.25) is 5.91 Å². The molecule has 0 saturated heterocycles. The first-order valence-corrected chi connectivity index (χ1v) is 8.93. The predicted molar refractivity (Wildman–Crippen MR) is 101 cm³/mol. The Balaban J connectivity index is 1.72. The minimum absolute atomic E-state index is 0.0370. The van der Waals surface area contributed by atoms with Crippen LogP contribution in [0, 0.1) is 17.7 Å². The molecule has 1 aliphatic rings. The van der Waals surface area contributed by atoms with Crippen LogP contribution in [0.15, 0.2) is 48.5 Å². The standard InChI is InChI=1S/C21H21FN2O4/c1-12-11-17(12)19(26)23-16-9-3-13(4-10-16)18(25)24-21(2,20(27)28)14-5-7-15(22)8-6-14/h3-10,12,17H,11H2,1-2H3,(H,23,26)(H,24,25)(H,27,28). The van der Waals surface area contributed by atoms with Crippen molar-refractivity contribution in [2.24, 2.45) is 11.8 Å². The fraction of sp³-hybridized carbons (Fsp3) is 0.286. The topological polar surface area (TPSA) is 95.5 Å². The second kappa shape index (κ2) is 7.42. The second-order valence-corrected chi connectivity index (χ2v) is 7.28. The summed E-state index contributed by atoms with van der Waals surface area (Å²) >= 11 is 0. The van der Waals surface area contributed by atoms with Gasteiger partial charge in [0.15, 0.2) is 5.54 Å². The van der Waals surface area contributed by atoms with Crippen molar-refractivity contribution in [3.63, 3.8) is 0 Å². The van der Waals surface area contributed by atoms with Gasteiger partial charge < -0.3 is 15.7 Å². The summed E-state index contributed by atoms with van der Waals surface area (Å²) in [6, 6.07) is 11.1. The largest absolute Gasteiger partial charge is 0.479 e. The molecule has 3 unspecified atom stereocenters. The van der Waals surface area contributed by atoms with Crippen LogP contribution in [0.1, 0.15) is 36.2 Å². The lowest BCUT2D eigenvalue weighted by Gasteiger charge is -2.27. The van der Waals surface area contributed by atoms with Crippen molar-refractivity contribution >= 4 is 23.5 Å². The van der Waals surface area contributed by atoms with E-state index < -0.39 is 23.2 Å². The smallest absolute Gasteiger partial charge is 0.333 e. The second-order valence-electron chi connectivity index (χ2n) is 7.28. The minimum atomic E-state index is -1.72. The molecule has 0 heterocycles. The van der Waals surface area contributed by atoms with Crippen LogP contribution in [-0.2, 0) is 15.1 Å². The summed E-state index contributed by atoms with van der Waals surface area (Å²) in [6.07, 6.45) is 0.878. The lowest BCUT2D eigenvalue weighted by Crippen LogP contribution is -2.49. The summed E-state index contributed by atoms with van der Waals surface area (Å²) in [5, 5.41) is 14.9. The molecule has 6 nitrogen and oxygen atoms in total. The number of nitrogens with one attached hydrogen (secondary N) is 2. The number of hydrogen-bond donors (Lipinski definition) is 3. The van der Waals surface area contributed by atoms with E-state index in [0.717, 1.165) is 18.6 Å². The molecule has 0 aliphatic heterocycles. The van der Waals surface area contributed by atoms with Crippen molar-refractivity contribution < 1.29 is 23.9 Å². The van der Waals surface area contributed by atoms with Crippen LogP contribution in [0.4, 0.5) is 10.1 Å². The lowest BCUT2D eigenvalue weighted by atomic mass is 9.91. The van der Waals surface area contributed by atoms with E-state index in [1.54, 1.807) is 12.1 Å². The monoisotopic (exact) mass is 384 g/mol. The first kappa shape index (κ1) is 19.5. The van der Waals surface area contributed by atoms with Crippen molar-refractivity contribution in [2.45, 2.75) is 25.8 Å². The highest BCUT2D eigenvalue weighted by atomic mass is 19.1. The van der Waals surface area contributed by atoms with Crippen molar-refractivity contribution in [1.29, 1.82) is 0 Å². The Kier molecular flexibility index (Phi) is 5.18. The Hall–Kier alpha value is -3.22. The predicted octanol–water partition coefficient (Wildman–Crippen LogP) is 3.15. The average Bonchev–Trinajstić information content (AvgIpc) is 3.39. The van der Waals surface area contributed by atoms with Crippen LogP contribution in [0.3, 0.4) is 0 Å². The van der Waals surface area contributed by atoms with Gasteiger partial charge >= 0.3 is 5.97 Å². The van der Waals surface area contributed by atoms with E-state index in [1.165, 1.54) is 31.2 Å². The van der Waals surface area contributed by atoms with E-state index in [-0.39, 0.29) is 23.0 Å². The number of hydrogen-bond acceptors (Lipinski definition) is 3. The maximum atomic E-state index is 13.1. The molecule has 28 heavy (non-hydrogen) atoms. The highest BCUT2D eigenvalue weighted by molar-refractivity contribution is 5.99. The molecule has 2 amide bonds. The summed E-state index contributed by atoms with van der Waals surface area (Å²) in [5.74, 6) is -1.97. The Labute approximate surface area is 161 Å². The normalized spacial score (nSPS) is 20.0. The van der Waals surface area contributed by atoms with Gasteiger partial charge in [0.25, 0.3) is 5.91 Å². The molecule has 3 N–H and O–H groups in total. The third-order valence-corrected chi connectivity index (χ3v) is 5.07. The lowest BCUT2D eigenvalue weighted by molar-refractivity contribution is -0.144. The summed E-state index contributed by atoms with van der Waals surface area (Å²) in [4.78, 5) is 36.3. The Bertz CT molecular complexity index is 911. The summed E-state index contributed by atoms with van der Waals surface area (Å²) in [6.45, 7) is 3.35. The number of halogens is 1. The average molecular weight is 384 g/mol. The van der Waals surface area contributed by atoms with E-state index >= 15 is 0 Å². The van der Waals surface area contributed by atoms with E-state index in [0.29, 0.717) is 11.6 Å². The van der Waals surface area contributed by atoms with Crippen molar-refractivity contribution in [1.82, 2.24) is 5.32 Å². The zero-order chi connectivity index (χ0) is 20.5. The zero-order valence-corrected chi connectivity index (χ0v) is 15.5. The van der Waals surface area contributed by atoms with Gasteiger partial charge in [-0.3, -0.25) is 9.59 Å². The van der Waals surface area contributed by atoms with Gasteiger partial charge in [-0.1, -0.05) is 19.1 Å². The fourth-order valence-corrected chi connectivity index (χ4v) is 2.96. The molecule has 7 heteroatoms. The van der Waals surface area contributed by atoms with E-state index in [2.05, 4.69) is 10.6 Å². The maximum absolute atomic E-state index is 13.1. The number of benzene rings is 2. The minimum Gasteiger partial charge on any atom is -0.479 e. The molecule has 2 aromatic carbocycles. The first-order chi connectivity index (χ1) is 13.2. The highest BCUT2D eigenvalue weighted by Gasteiger charge is 2.39. The molecule has 1 aliphatic carbocycles. The molecule has 0 spiro atoms. The van der Waals surface area contributed by atoms with Gasteiger partial charge in [-0.05, 0) is 61.2 Å². The van der Waals surface area contributed by atoms with Crippen LogP contribution in [0.25, 0.3) is 0 Å². The molecule has 1 fully saturated rings. The molecular weight excluding hydrogens is 363 g/mol. The highest BCUT2D eigenvalue weighted by Crippen LogP contribution is 2.38. The number of aliphatic carboxylic acids is 1. The van der Waals surface area contributed by atoms with Crippen LogP contribution < -0.4 is 10.6 Å². The number of carboxylic acid groups (broad SMARTS) is 1. The van der Waals surface area contributed by atoms with Crippen LogP contribution in [0.5, 0.6) is 0 Å². The Morgan fingerprint density at radius 1 is 1.07 bits per heavy atom. The fourth-order valence-electron chi connectivity index (χ4n) is 2.96. The van der Waals surface area contributed by atoms with Crippen molar-refractivity contribution in [2.75, 3.05) is 5.32 Å². The van der Waals surface area contributed by atoms with Crippen molar-refractivity contribution in [3.05, 3.63) is 65.5 Å². The molecule has 146 valence electrons. The number of amides is 2. The number of carbonyl (C=O) groups excluding carboxylic acids is 2. The van der Waals surface area contributed by atoms with E-state index in [9.17, 15) is 23.9 Å². The molecular formula is C21H21FN2O4. The van der Waals surface area contributed by atoms with Gasteiger partial charge in [-0.15, -0.1) is 0 Å². The van der Waals surface area contributed by atoms with Crippen LogP contribution in [0.2, 0.25) is 0 Å². The van der Waals surface area contributed by atoms with Gasteiger partial charge in [0, 0.05) is 17.2 Å². The zero-order valence-electron chi connectivity index (χ0n) is 15.5. The molecule has 3 atom stereocenters. The Morgan fingerprint density at radius 2 is 1.64 bits per heavy atom. The SMILES string of the molecule is CC1CC1C(=O)Nc1ccc(C(=O)NC(C)(C(=O)O)c2ccc(F)cc2)cc1. The molecule has 0 radical (unpaired) electrons. The number of anilines is 1. The van der Waals surface area contributed by atoms with Crippen LogP contribution >= 0.6 is 0 Å². The summed E-state index contributed by atoms with van der Waals surface area (Å²) in [5.41, 5.74) is -0.662. The maximum Gasteiger partial charge on any atom is 0.333 e. The quantitative estimate of drug-likeness (QED) is 0.713. The van der Waals surface area contributed by atoms with Gasteiger partial charge in [-0.2, -0.15) is 0 Å². The first-order valence-electron chi connectivity index (χ1n) is 8.93. The molecule has 3 rings (SSSR count). The summed E-state index contributed by atoms with van der Waals surface area (Å²) < 4.78 is 13.1. The molecule has 0 aromatic heterocycles. The van der Waals surface area contributed by atoms with Crippen LogP contribution in [-0.4, -0.2) is 22.9 Å². The third kappa shape index (κ3) is 4.03. The number of carboxylic acids is 1. The molecule has 1 saturated carbocycles. The van der Waals surface area contributed by atoms with Gasteiger partial charge in [0.1, 0.15) is 5.82 Å². The number of rotatable bonds is 6. The molecule has 0 bridgehead atoms.